The number of benzene rings is 2. The van der Waals surface area contributed by atoms with E-state index in [0.717, 1.165) is 31.5 Å². The summed E-state index contributed by atoms with van der Waals surface area (Å²) in [6, 6.07) is 15.0. The number of methoxy groups -OCH3 is 1. The predicted molar refractivity (Wildman–Crippen MR) is 109 cm³/mol. The lowest BCUT2D eigenvalue weighted by Crippen LogP contribution is -2.36. The van der Waals surface area contributed by atoms with Gasteiger partial charge in [0.05, 0.1) is 36.2 Å². The van der Waals surface area contributed by atoms with Gasteiger partial charge in [0.1, 0.15) is 5.75 Å². The van der Waals surface area contributed by atoms with Crippen LogP contribution in [0.25, 0.3) is 10.9 Å². The summed E-state index contributed by atoms with van der Waals surface area (Å²) in [6.07, 6.45) is 3.37. The Balaban J connectivity index is 1.91. The summed E-state index contributed by atoms with van der Waals surface area (Å²) in [5, 5.41) is 9.97. The minimum absolute atomic E-state index is 0.114. The molecule has 0 unspecified atom stereocenters. The zero-order valence-corrected chi connectivity index (χ0v) is 15.9. The fourth-order valence-electron chi connectivity index (χ4n) is 3.73. The van der Waals surface area contributed by atoms with Crippen LogP contribution in [0.15, 0.2) is 47.3 Å². The van der Waals surface area contributed by atoms with Crippen molar-refractivity contribution in [3.05, 3.63) is 63.9 Å². The quantitative estimate of drug-likeness (QED) is 0.701. The molecule has 4 rings (SSSR count). The van der Waals surface area contributed by atoms with Crippen molar-refractivity contribution in [2.75, 3.05) is 25.1 Å². The van der Waals surface area contributed by atoms with Crippen LogP contribution in [0, 0.1) is 11.3 Å². The van der Waals surface area contributed by atoms with E-state index >= 15 is 0 Å². The molecule has 1 aliphatic heterocycles. The standard InChI is InChI=1S/C22H22N4O2/c1-28-18-9-10-20-19(13-18)21(27)26(15-17-8-4-3-7-16(17)14-23)22(24-20)25-11-5-2-6-12-25/h3-4,7-10,13H,2,5-6,11-12,15H2,1H3. The number of hydrogen-bond donors (Lipinski definition) is 0. The molecule has 2 heterocycles. The van der Waals surface area contributed by atoms with Crippen molar-refractivity contribution in [2.24, 2.45) is 0 Å². The average Bonchev–Trinajstić information content (AvgIpc) is 2.76. The van der Waals surface area contributed by atoms with E-state index in [1.807, 2.05) is 30.3 Å². The van der Waals surface area contributed by atoms with Crippen LogP contribution in [0.1, 0.15) is 30.4 Å². The highest BCUT2D eigenvalue weighted by molar-refractivity contribution is 5.80. The fraction of sp³-hybridized carbons (Fsp3) is 0.318. The van der Waals surface area contributed by atoms with E-state index in [-0.39, 0.29) is 5.56 Å². The van der Waals surface area contributed by atoms with Crippen LogP contribution in [0.3, 0.4) is 0 Å². The molecule has 1 aromatic heterocycles. The Morgan fingerprint density at radius 2 is 1.93 bits per heavy atom. The topological polar surface area (TPSA) is 71.2 Å². The largest absolute Gasteiger partial charge is 0.497 e. The highest BCUT2D eigenvalue weighted by Gasteiger charge is 2.20. The lowest BCUT2D eigenvalue weighted by Gasteiger charge is -2.30. The Bertz CT molecular complexity index is 1110. The second kappa shape index (κ2) is 7.73. The van der Waals surface area contributed by atoms with Crippen LogP contribution in [-0.4, -0.2) is 29.8 Å². The van der Waals surface area contributed by atoms with Gasteiger partial charge in [0.2, 0.25) is 5.95 Å². The molecule has 1 aliphatic rings. The molecule has 0 saturated carbocycles. The van der Waals surface area contributed by atoms with Crippen LogP contribution in [0.4, 0.5) is 5.95 Å². The monoisotopic (exact) mass is 374 g/mol. The molecule has 28 heavy (non-hydrogen) atoms. The molecule has 0 N–H and O–H groups in total. The van der Waals surface area contributed by atoms with E-state index in [1.165, 1.54) is 6.42 Å². The minimum atomic E-state index is -0.114. The zero-order chi connectivity index (χ0) is 19.5. The molecule has 0 atom stereocenters. The van der Waals surface area contributed by atoms with Crippen LogP contribution >= 0.6 is 0 Å². The Morgan fingerprint density at radius 3 is 2.68 bits per heavy atom. The van der Waals surface area contributed by atoms with Crippen molar-refractivity contribution >= 4 is 16.9 Å². The molecule has 3 aromatic rings. The van der Waals surface area contributed by atoms with Gasteiger partial charge in [-0.15, -0.1) is 0 Å². The van der Waals surface area contributed by atoms with Gasteiger partial charge in [-0.3, -0.25) is 9.36 Å². The number of nitrogens with zero attached hydrogens (tertiary/aromatic N) is 4. The van der Waals surface area contributed by atoms with Gasteiger partial charge in [-0.05, 0) is 49.1 Å². The number of piperidine rings is 1. The van der Waals surface area contributed by atoms with Crippen LogP contribution in [-0.2, 0) is 6.54 Å². The molecule has 0 amide bonds. The average molecular weight is 374 g/mol. The molecular formula is C22H22N4O2. The van der Waals surface area contributed by atoms with Gasteiger partial charge in [-0.2, -0.15) is 5.26 Å². The Kier molecular flexibility index (Phi) is 4.98. The van der Waals surface area contributed by atoms with Crippen molar-refractivity contribution in [3.8, 4) is 11.8 Å². The predicted octanol–water partition coefficient (Wildman–Crippen LogP) is 3.32. The molecule has 2 aromatic carbocycles. The third kappa shape index (κ3) is 3.31. The lowest BCUT2D eigenvalue weighted by molar-refractivity contribution is 0.415. The normalized spacial score (nSPS) is 14.1. The number of ether oxygens (including phenoxy) is 1. The van der Waals surface area contributed by atoms with Crippen molar-refractivity contribution in [1.29, 1.82) is 5.26 Å². The molecular weight excluding hydrogens is 352 g/mol. The van der Waals surface area contributed by atoms with Gasteiger partial charge in [0, 0.05) is 13.1 Å². The molecule has 6 heteroatoms. The number of nitriles is 1. The number of anilines is 1. The summed E-state index contributed by atoms with van der Waals surface area (Å²) in [5.74, 6) is 1.30. The SMILES string of the molecule is COc1ccc2nc(N3CCCCC3)n(Cc3ccccc3C#N)c(=O)c2c1. The number of aromatic nitrogens is 2. The van der Waals surface area contributed by atoms with Gasteiger partial charge < -0.3 is 9.64 Å². The Hall–Kier alpha value is -3.33. The van der Waals surface area contributed by atoms with Crippen molar-refractivity contribution in [3.63, 3.8) is 0 Å². The van der Waals surface area contributed by atoms with Gasteiger partial charge in [-0.1, -0.05) is 18.2 Å². The third-order valence-corrected chi connectivity index (χ3v) is 5.25. The summed E-state index contributed by atoms with van der Waals surface area (Å²) in [5.41, 5.74) is 1.94. The number of fused-ring (bicyclic) bond motifs is 1. The van der Waals surface area contributed by atoms with Crippen molar-refractivity contribution in [2.45, 2.75) is 25.8 Å². The molecule has 1 fully saturated rings. The molecule has 1 saturated heterocycles. The Labute approximate surface area is 163 Å². The van der Waals surface area contributed by atoms with E-state index in [0.29, 0.717) is 34.7 Å². The number of hydrogen-bond acceptors (Lipinski definition) is 5. The molecule has 0 bridgehead atoms. The summed E-state index contributed by atoms with van der Waals surface area (Å²) in [7, 11) is 1.58. The van der Waals surface area contributed by atoms with Gasteiger partial charge in [0.25, 0.3) is 5.56 Å². The lowest BCUT2D eigenvalue weighted by atomic mass is 10.1. The summed E-state index contributed by atoms with van der Waals surface area (Å²) < 4.78 is 6.99. The van der Waals surface area contributed by atoms with Crippen LogP contribution in [0.2, 0.25) is 0 Å². The maximum Gasteiger partial charge on any atom is 0.263 e. The zero-order valence-electron chi connectivity index (χ0n) is 15.9. The van der Waals surface area contributed by atoms with Gasteiger partial charge >= 0.3 is 0 Å². The first kappa shape index (κ1) is 18.1. The van der Waals surface area contributed by atoms with E-state index in [4.69, 9.17) is 9.72 Å². The van der Waals surface area contributed by atoms with E-state index in [2.05, 4.69) is 11.0 Å². The Morgan fingerprint density at radius 1 is 1.14 bits per heavy atom. The highest BCUT2D eigenvalue weighted by Crippen LogP contribution is 2.23. The van der Waals surface area contributed by atoms with Crippen molar-refractivity contribution < 1.29 is 4.74 Å². The van der Waals surface area contributed by atoms with Gasteiger partial charge in [-0.25, -0.2) is 4.98 Å². The first-order valence-electron chi connectivity index (χ1n) is 9.53. The molecule has 142 valence electrons. The van der Waals surface area contributed by atoms with E-state index in [9.17, 15) is 10.1 Å². The summed E-state index contributed by atoms with van der Waals surface area (Å²) in [4.78, 5) is 20.4. The maximum absolute atomic E-state index is 13.4. The first-order chi connectivity index (χ1) is 13.7. The van der Waals surface area contributed by atoms with E-state index in [1.54, 1.807) is 23.8 Å². The molecule has 6 nitrogen and oxygen atoms in total. The van der Waals surface area contributed by atoms with Crippen LogP contribution in [0.5, 0.6) is 5.75 Å². The smallest absolute Gasteiger partial charge is 0.263 e. The summed E-state index contributed by atoms with van der Waals surface area (Å²) >= 11 is 0. The maximum atomic E-state index is 13.4. The second-order valence-corrected chi connectivity index (χ2v) is 7.00. The second-order valence-electron chi connectivity index (χ2n) is 7.00. The third-order valence-electron chi connectivity index (χ3n) is 5.25. The highest BCUT2D eigenvalue weighted by atomic mass is 16.5. The van der Waals surface area contributed by atoms with Crippen molar-refractivity contribution in [1.82, 2.24) is 9.55 Å². The fourth-order valence-corrected chi connectivity index (χ4v) is 3.73. The van der Waals surface area contributed by atoms with Crippen LogP contribution < -0.4 is 15.2 Å². The van der Waals surface area contributed by atoms with E-state index < -0.39 is 0 Å². The molecule has 0 aliphatic carbocycles. The molecule has 0 spiro atoms. The summed E-state index contributed by atoms with van der Waals surface area (Å²) in [6.45, 7) is 2.08. The molecule has 0 radical (unpaired) electrons. The van der Waals surface area contributed by atoms with Gasteiger partial charge in [0.15, 0.2) is 0 Å². The minimum Gasteiger partial charge on any atom is -0.497 e. The number of rotatable bonds is 4. The first-order valence-corrected chi connectivity index (χ1v) is 9.53.